The molecular weight excluding hydrogens is 286 g/mol. The van der Waals surface area contributed by atoms with Crippen LogP contribution in [-0.4, -0.2) is 11.8 Å². The third-order valence-electron chi connectivity index (χ3n) is 3.46. The van der Waals surface area contributed by atoms with E-state index in [1.165, 1.54) is 4.90 Å². The maximum Gasteiger partial charge on any atom is 0.265 e. The van der Waals surface area contributed by atoms with Gasteiger partial charge in [0.25, 0.3) is 11.8 Å². The highest BCUT2D eigenvalue weighted by molar-refractivity contribution is 6.25. The zero-order valence-electron chi connectivity index (χ0n) is 12.4. The van der Waals surface area contributed by atoms with Gasteiger partial charge in [0.1, 0.15) is 0 Å². The third-order valence-corrected chi connectivity index (χ3v) is 3.46. The number of benzene rings is 3. The van der Waals surface area contributed by atoms with Gasteiger partial charge in [-0.1, -0.05) is 54.6 Å². The van der Waals surface area contributed by atoms with Crippen molar-refractivity contribution in [3.05, 3.63) is 102 Å². The molecule has 112 valence electrons. The Balaban J connectivity index is 2.05. The fraction of sp³-hybridized carbons (Fsp3) is 0. The van der Waals surface area contributed by atoms with Crippen molar-refractivity contribution in [1.82, 2.24) is 0 Å². The largest absolute Gasteiger partial charge is 0.268 e. The predicted molar refractivity (Wildman–Crippen MR) is 90.5 cm³/mol. The second kappa shape index (κ2) is 6.71. The predicted octanol–water partition coefficient (Wildman–Crippen LogP) is 4.17. The van der Waals surface area contributed by atoms with Gasteiger partial charge in [-0.2, -0.15) is 0 Å². The van der Waals surface area contributed by atoms with Gasteiger partial charge in [0.05, 0.1) is 5.69 Å². The van der Waals surface area contributed by atoms with Crippen molar-refractivity contribution >= 4 is 17.5 Å². The Hall–Kier alpha value is -3.20. The number of carbonyl (C=O) groups is 2. The van der Waals surface area contributed by atoms with Gasteiger partial charge in [0, 0.05) is 11.1 Å². The Morgan fingerprint density at radius 2 is 0.870 bits per heavy atom. The molecule has 0 unspecified atom stereocenters. The fourth-order valence-corrected chi connectivity index (χ4v) is 2.32. The van der Waals surface area contributed by atoms with Crippen molar-refractivity contribution in [2.75, 3.05) is 4.90 Å². The van der Waals surface area contributed by atoms with Crippen LogP contribution in [0.1, 0.15) is 20.7 Å². The van der Waals surface area contributed by atoms with E-state index in [-0.39, 0.29) is 11.8 Å². The molecule has 0 N–H and O–H groups in total. The van der Waals surface area contributed by atoms with Crippen molar-refractivity contribution in [3.63, 3.8) is 0 Å². The molecule has 0 aliphatic heterocycles. The summed E-state index contributed by atoms with van der Waals surface area (Å²) >= 11 is 0. The highest BCUT2D eigenvalue weighted by Crippen LogP contribution is 2.20. The van der Waals surface area contributed by atoms with Crippen LogP contribution in [0.4, 0.5) is 5.69 Å². The number of nitrogens with zero attached hydrogens (tertiary/aromatic N) is 1. The Kier molecular flexibility index (Phi) is 4.29. The molecule has 0 heterocycles. The molecule has 0 aliphatic rings. The average molecular weight is 301 g/mol. The summed E-state index contributed by atoms with van der Waals surface area (Å²) in [6, 6.07) is 26.6. The lowest BCUT2D eigenvalue weighted by Gasteiger charge is -2.21. The monoisotopic (exact) mass is 301 g/mol. The van der Waals surface area contributed by atoms with E-state index in [1.54, 1.807) is 72.8 Å². The topological polar surface area (TPSA) is 37.4 Å². The smallest absolute Gasteiger partial charge is 0.265 e. The third kappa shape index (κ3) is 3.19. The summed E-state index contributed by atoms with van der Waals surface area (Å²) in [5.41, 5.74) is 1.50. The molecule has 23 heavy (non-hydrogen) atoms. The molecule has 0 fully saturated rings. The Bertz CT molecular complexity index is 747. The summed E-state index contributed by atoms with van der Waals surface area (Å²) in [5, 5.41) is 0. The van der Waals surface area contributed by atoms with E-state index in [2.05, 4.69) is 0 Å². The number of anilines is 1. The second-order valence-electron chi connectivity index (χ2n) is 5.01. The first-order valence-electron chi connectivity index (χ1n) is 7.31. The summed E-state index contributed by atoms with van der Waals surface area (Å²) in [6.45, 7) is 0. The van der Waals surface area contributed by atoms with Gasteiger partial charge < -0.3 is 0 Å². The maximum atomic E-state index is 12.9. The fourth-order valence-electron chi connectivity index (χ4n) is 2.32. The van der Waals surface area contributed by atoms with Crippen molar-refractivity contribution in [2.45, 2.75) is 0 Å². The quantitative estimate of drug-likeness (QED) is 0.681. The van der Waals surface area contributed by atoms with E-state index in [0.29, 0.717) is 16.8 Å². The number of imide groups is 1. The molecule has 0 bridgehead atoms. The summed E-state index contributed by atoms with van der Waals surface area (Å²) < 4.78 is 0. The number of hydrogen-bond acceptors (Lipinski definition) is 2. The van der Waals surface area contributed by atoms with Gasteiger partial charge in [0.2, 0.25) is 0 Å². The first kappa shape index (κ1) is 14.7. The van der Waals surface area contributed by atoms with Crippen molar-refractivity contribution < 1.29 is 9.59 Å². The molecule has 2 amide bonds. The van der Waals surface area contributed by atoms with E-state index in [0.717, 1.165) is 0 Å². The first-order valence-corrected chi connectivity index (χ1v) is 7.31. The standard InChI is InChI=1S/C20H15NO2/c22-19(16-10-4-1-5-11-16)21(18-14-8-3-9-15-18)20(23)17-12-6-2-7-13-17/h1-15H. The SMILES string of the molecule is O=C(c1ccccc1)N(C(=O)c1ccccc1)c1ccccc1. The summed E-state index contributed by atoms with van der Waals surface area (Å²) in [4.78, 5) is 26.9. The molecular formula is C20H15NO2. The molecule has 3 heteroatoms. The zero-order valence-corrected chi connectivity index (χ0v) is 12.4. The van der Waals surface area contributed by atoms with Crippen LogP contribution >= 0.6 is 0 Å². The van der Waals surface area contributed by atoms with E-state index < -0.39 is 0 Å². The van der Waals surface area contributed by atoms with Crippen LogP contribution in [0.3, 0.4) is 0 Å². The number of rotatable bonds is 3. The van der Waals surface area contributed by atoms with Crippen LogP contribution in [0.5, 0.6) is 0 Å². The second-order valence-corrected chi connectivity index (χ2v) is 5.01. The minimum Gasteiger partial charge on any atom is -0.268 e. The Labute approximate surface area is 134 Å². The minimum absolute atomic E-state index is 0.342. The van der Waals surface area contributed by atoms with Crippen LogP contribution < -0.4 is 4.90 Å². The Morgan fingerprint density at radius 3 is 1.26 bits per heavy atom. The lowest BCUT2D eigenvalue weighted by molar-refractivity contribution is 0.0897. The number of amides is 2. The summed E-state index contributed by atoms with van der Waals surface area (Å²) in [6.07, 6.45) is 0. The van der Waals surface area contributed by atoms with Crippen molar-refractivity contribution in [1.29, 1.82) is 0 Å². The molecule has 0 aromatic heterocycles. The summed E-state index contributed by atoms with van der Waals surface area (Å²) in [7, 11) is 0. The van der Waals surface area contributed by atoms with Gasteiger partial charge in [0.15, 0.2) is 0 Å². The molecule has 3 rings (SSSR count). The summed E-state index contributed by atoms with van der Waals surface area (Å²) in [5.74, 6) is -0.684. The van der Waals surface area contributed by atoms with Crippen LogP contribution in [0.25, 0.3) is 0 Å². The highest BCUT2D eigenvalue weighted by Gasteiger charge is 2.25. The number of hydrogen-bond donors (Lipinski definition) is 0. The van der Waals surface area contributed by atoms with Gasteiger partial charge in [-0.05, 0) is 36.4 Å². The number of carbonyl (C=O) groups excluding carboxylic acids is 2. The lowest BCUT2D eigenvalue weighted by atomic mass is 10.1. The van der Waals surface area contributed by atoms with Crippen molar-refractivity contribution in [3.8, 4) is 0 Å². The molecule has 0 aliphatic carbocycles. The van der Waals surface area contributed by atoms with Crippen LogP contribution in [-0.2, 0) is 0 Å². The maximum absolute atomic E-state index is 12.9. The van der Waals surface area contributed by atoms with Gasteiger partial charge in [-0.3, -0.25) is 9.59 Å². The van der Waals surface area contributed by atoms with E-state index >= 15 is 0 Å². The molecule has 0 saturated heterocycles. The minimum atomic E-state index is -0.342. The van der Waals surface area contributed by atoms with Gasteiger partial charge in [-0.25, -0.2) is 4.90 Å². The van der Waals surface area contributed by atoms with Crippen LogP contribution in [0.2, 0.25) is 0 Å². The molecule has 0 radical (unpaired) electrons. The molecule has 0 spiro atoms. The Morgan fingerprint density at radius 1 is 0.522 bits per heavy atom. The van der Waals surface area contributed by atoms with E-state index in [1.807, 2.05) is 18.2 Å². The zero-order chi connectivity index (χ0) is 16.1. The van der Waals surface area contributed by atoms with Crippen LogP contribution in [0, 0.1) is 0 Å². The van der Waals surface area contributed by atoms with Gasteiger partial charge in [-0.15, -0.1) is 0 Å². The van der Waals surface area contributed by atoms with Crippen molar-refractivity contribution in [2.24, 2.45) is 0 Å². The van der Waals surface area contributed by atoms with E-state index in [9.17, 15) is 9.59 Å². The highest BCUT2D eigenvalue weighted by atomic mass is 16.2. The number of para-hydroxylation sites is 1. The van der Waals surface area contributed by atoms with E-state index in [4.69, 9.17) is 0 Å². The molecule has 0 saturated carbocycles. The van der Waals surface area contributed by atoms with Crippen LogP contribution in [0.15, 0.2) is 91.0 Å². The molecule has 3 nitrogen and oxygen atoms in total. The first-order chi connectivity index (χ1) is 11.3. The van der Waals surface area contributed by atoms with Gasteiger partial charge >= 0.3 is 0 Å². The normalized spacial score (nSPS) is 10.1. The lowest BCUT2D eigenvalue weighted by Crippen LogP contribution is -2.37. The molecule has 3 aromatic carbocycles. The molecule has 0 atom stereocenters. The average Bonchev–Trinajstić information content (AvgIpc) is 2.64. The molecule has 3 aromatic rings.